The minimum atomic E-state index is -1.45. The SMILES string of the molecule is C=C(/C=C(\C)OC)N(C(=C)CN)S(=O)c1ccc(C)cc1. The van der Waals surface area contributed by atoms with Crippen LogP contribution in [0.1, 0.15) is 12.5 Å². The van der Waals surface area contributed by atoms with Crippen LogP contribution in [0.3, 0.4) is 0 Å². The third kappa shape index (κ3) is 4.58. The molecular weight excluding hydrogens is 284 g/mol. The van der Waals surface area contributed by atoms with Crippen molar-refractivity contribution < 1.29 is 8.95 Å². The van der Waals surface area contributed by atoms with Gasteiger partial charge in [-0.05, 0) is 32.1 Å². The maximum atomic E-state index is 12.8. The Hall–Kier alpha value is -1.85. The molecule has 1 unspecified atom stereocenters. The van der Waals surface area contributed by atoms with Crippen molar-refractivity contribution in [2.75, 3.05) is 13.7 Å². The summed E-state index contributed by atoms with van der Waals surface area (Å²) in [6.07, 6.45) is 1.70. The minimum absolute atomic E-state index is 0.191. The highest BCUT2D eigenvalue weighted by Gasteiger charge is 2.18. The van der Waals surface area contributed by atoms with Crippen molar-refractivity contribution in [3.8, 4) is 0 Å². The standard InChI is InChI=1S/C16H22N2O2S/c1-12-6-8-16(9-7-12)21(19)18(14(3)11-17)13(2)10-15(4)20-5/h6-10H,2-3,11,17H2,1,4-5H3/b15-10+. The molecule has 0 spiro atoms. The Morgan fingerprint density at radius 1 is 1.38 bits per heavy atom. The summed E-state index contributed by atoms with van der Waals surface area (Å²) in [5.74, 6) is 0.663. The third-order valence-corrected chi connectivity index (χ3v) is 4.36. The second-order valence-electron chi connectivity index (χ2n) is 4.58. The monoisotopic (exact) mass is 306 g/mol. The van der Waals surface area contributed by atoms with Crippen LogP contribution >= 0.6 is 0 Å². The van der Waals surface area contributed by atoms with Gasteiger partial charge in [0.05, 0.1) is 23.5 Å². The smallest absolute Gasteiger partial charge is 0.157 e. The zero-order valence-corrected chi connectivity index (χ0v) is 13.6. The van der Waals surface area contributed by atoms with E-state index in [1.165, 1.54) is 4.31 Å². The van der Waals surface area contributed by atoms with Crippen LogP contribution in [-0.4, -0.2) is 22.2 Å². The average molecular weight is 306 g/mol. The van der Waals surface area contributed by atoms with Crippen molar-refractivity contribution in [1.82, 2.24) is 4.31 Å². The van der Waals surface area contributed by atoms with E-state index in [9.17, 15) is 4.21 Å². The molecule has 1 aromatic carbocycles. The van der Waals surface area contributed by atoms with Crippen LogP contribution in [0.4, 0.5) is 0 Å². The van der Waals surface area contributed by atoms with Crippen LogP contribution < -0.4 is 5.73 Å². The first-order valence-corrected chi connectivity index (χ1v) is 7.59. The Bertz CT molecular complexity index is 576. The van der Waals surface area contributed by atoms with Gasteiger partial charge in [-0.1, -0.05) is 30.9 Å². The molecule has 5 heteroatoms. The molecule has 0 aliphatic carbocycles. The Balaban J connectivity index is 3.13. The molecule has 0 saturated carbocycles. The summed E-state index contributed by atoms with van der Waals surface area (Å²) in [6.45, 7) is 11.8. The summed E-state index contributed by atoms with van der Waals surface area (Å²) in [5, 5.41) is 0. The predicted octanol–water partition coefficient (Wildman–Crippen LogP) is 2.86. The summed E-state index contributed by atoms with van der Waals surface area (Å²) in [7, 11) is 0.114. The molecule has 0 aliphatic rings. The fraction of sp³-hybridized carbons (Fsp3) is 0.250. The van der Waals surface area contributed by atoms with E-state index in [-0.39, 0.29) is 6.54 Å². The number of aryl methyl sites for hydroxylation is 1. The topological polar surface area (TPSA) is 55.6 Å². The first kappa shape index (κ1) is 17.2. The van der Waals surface area contributed by atoms with Crippen LogP contribution in [0.15, 0.2) is 65.5 Å². The van der Waals surface area contributed by atoms with Crippen molar-refractivity contribution >= 4 is 11.0 Å². The highest BCUT2D eigenvalue weighted by Crippen LogP contribution is 2.21. The van der Waals surface area contributed by atoms with Gasteiger partial charge in [-0.2, -0.15) is 0 Å². The van der Waals surface area contributed by atoms with Crippen molar-refractivity contribution in [3.63, 3.8) is 0 Å². The van der Waals surface area contributed by atoms with Gasteiger partial charge in [0.2, 0.25) is 0 Å². The highest BCUT2D eigenvalue weighted by atomic mass is 32.2. The molecule has 0 saturated heterocycles. The van der Waals surface area contributed by atoms with Crippen LogP contribution in [-0.2, 0) is 15.7 Å². The number of benzene rings is 1. The molecule has 0 aliphatic heterocycles. The number of nitrogens with zero attached hydrogens (tertiary/aromatic N) is 1. The average Bonchev–Trinajstić information content (AvgIpc) is 2.47. The van der Waals surface area contributed by atoms with Gasteiger partial charge in [-0.3, -0.25) is 4.31 Å². The quantitative estimate of drug-likeness (QED) is 0.622. The number of hydrogen-bond donors (Lipinski definition) is 1. The molecule has 2 N–H and O–H groups in total. The molecule has 21 heavy (non-hydrogen) atoms. The molecule has 114 valence electrons. The lowest BCUT2D eigenvalue weighted by molar-refractivity contribution is 0.292. The summed E-state index contributed by atoms with van der Waals surface area (Å²) in [5.41, 5.74) is 7.80. The number of nitrogens with two attached hydrogens (primary N) is 1. The molecule has 1 rings (SSSR count). The van der Waals surface area contributed by atoms with E-state index in [4.69, 9.17) is 10.5 Å². The molecule has 1 aromatic rings. The predicted molar refractivity (Wildman–Crippen MR) is 87.5 cm³/mol. The third-order valence-electron chi connectivity index (χ3n) is 2.86. The maximum absolute atomic E-state index is 12.8. The van der Waals surface area contributed by atoms with E-state index < -0.39 is 11.0 Å². The number of ether oxygens (including phenoxy) is 1. The fourth-order valence-electron chi connectivity index (χ4n) is 1.62. The maximum Gasteiger partial charge on any atom is 0.157 e. The van der Waals surface area contributed by atoms with Crippen LogP contribution in [0.5, 0.6) is 0 Å². The van der Waals surface area contributed by atoms with Crippen LogP contribution in [0.25, 0.3) is 0 Å². The van der Waals surface area contributed by atoms with Gasteiger partial charge in [0.25, 0.3) is 0 Å². The highest BCUT2D eigenvalue weighted by molar-refractivity contribution is 7.83. The Labute approximate surface area is 129 Å². The summed E-state index contributed by atoms with van der Waals surface area (Å²) >= 11 is 0. The van der Waals surface area contributed by atoms with E-state index in [1.807, 2.05) is 31.2 Å². The molecule has 4 nitrogen and oxygen atoms in total. The normalized spacial score (nSPS) is 12.7. The van der Waals surface area contributed by atoms with Gasteiger partial charge in [-0.15, -0.1) is 0 Å². The molecule has 0 bridgehead atoms. The molecule has 1 atom stereocenters. The Morgan fingerprint density at radius 3 is 2.43 bits per heavy atom. The lowest BCUT2D eigenvalue weighted by Gasteiger charge is -2.25. The van der Waals surface area contributed by atoms with Gasteiger partial charge >= 0.3 is 0 Å². The first-order chi connectivity index (χ1) is 9.90. The number of methoxy groups -OCH3 is 1. The van der Waals surface area contributed by atoms with E-state index in [0.717, 1.165) is 5.56 Å². The fourth-order valence-corrected chi connectivity index (χ4v) is 2.78. The molecule has 0 heterocycles. The number of rotatable bonds is 7. The first-order valence-electron chi connectivity index (χ1n) is 6.48. The van der Waals surface area contributed by atoms with Crippen molar-refractivity contribution in [2.45, 2.75) is 18.7 Å². The largest absolute Gasteiger partial charge is 0.501 e. The zero-order valence-electron chi connectivity index (χ0n) is 12.8. The summed E-state index contributed by atoms with van der Waals surface area (Å²) in [4.78, 5) is 0.666. The van der Waals surface area contributed by atoms with E-state index >= 15 is 0 Å². The van der Waals surface area contributed by atoms with Crippen LogP contribution in [0, 0.1) is 6.92 Å². The lowest BCUT2D eigenvalue weighted by atomic mass is 10.2. The molecule has 0 fully saturated rings. The second kappa shape index (κ2) is 7.81. The van der Waals surface area contributed by atoms with Crippen molar-refractivity contribution in [1.29, 1.82) is 0 Å². The van der Waals surface area contributed by atoms with E-state index in [1.54, 1.807) is 20.1 Å². The van der Waals surface area contributed by atoms with Crippen molar-refractivity contribution in [2.24, 2.45) is 5.73 Å². The molecule has 0 amide bonds. The van der Waals surface area contributed by atoms with E-state index in [2.05, 4.69) is 13.2 Å². The molecule has 0 aromatic heterocycles. The molecule has 0 radical (unpaired) electrons. The van der Waals surface area contributed by atoms with E-state index in [0.29, 0.717) is 22.0 Å². The Morgan fingerprint density at radius 2 is 1.95 bits per heavy atom. The second-order valence-corrected chi connectivity index (χ2v) is 5.91. The molecular formula is C16H22N2O2S. The number of allylic oxidation sites excluding steroid dienone is 2. The van der Waals surface area contributed by atoms with Gasteiger partial charge < -0.3 is 10.5 Å². The van der Waals surface area contributed by atoms with Crippen molar-refractivity contribution in [3.05, 3.63) is 66.2 Å². The Kier molecular flexibility index (Phi) is 6.39. The lowest BCUT2D eigenvalue weighted by Crippen LogP contribution is -2.27. The van der Waals surface area contributed by atoms with Gasteiger partial charge in [0, 0.05) is 12.2 Å². The minimum Gasteiger partial charge on any atom is -0.501 e. The zero-order chi connectivity index (χ0) is 16.0. The van der Waals surface area contributed by atoms with Gasteiger partial charge in [0.15, 0.2) is 11.0 Å². The van der Waals surface area contributed by atoms with Gasteiger partial charge in [0.1, 0.15) is 0 Å². The summed E-state index contributed by atoms with van der Waals surface area (Å²) < 4.78 is 19.4. The van der Waals surface area contributed by atoms with Gasteiger partial charge in [-0.25, -0.2) is 4.21 Å². The summed E-state index contributed by atoms with van der Waals surface area (Å²) in [6, 6.07) is 7.47. The van der Waals surface area contributed by atoms with Crippen LogP contribution in [0.2, 0.25) is 0 Å². The number of hydrogen-bond acceptors (Lipinski definition) is 3.